The topological polar surface area (TPSA) is 75.5 Å². The number of hydrogen-bond donors (Lipinski definition) is 3. The Labute approximate surface area is 202 Å². The first-order valence-electron chi connectivity index (χ1n) is 6.52. The monoisotopic (exact) mass is 469 g/mol. The van der Waals surface area contributed by atoms with Crippen molar-refractivity contribution in [3.63, 3.8) is 0 Å². The zero-order valence-electron chi connectivity index (χ0n) is 15.0. The summed E-state index contributed by atoms with van der Waals surface area (Å²) in [7, 11) is 0. The van der Waals surface area contributed by atoms with Gasteiger partial charge >= 0.3 is 29.6 Å². The van der Waals surface area contributed by atoms with Gasteiger partial charge in [-0.15, -0.1) is 0 Å². The van der Waals surface area contributed by atoms with Gasteiger partial charge in [0, 0.05) is 38.1 Å². The summed E-state index contributed by atoms with van der Waals surface area (Å²) in [5, 5.41) is 26.2. The summed E-state index contributed by atoms with van der Waals surface area (Å²) in [5.74, 6) is 0. The molecule has 0 radical (unpaired) electrons. The average Bonchev–Trinajstić information content (AvgIpc) is 2.57. The summed E-state index contributed by atoms with van der Waals surface area (Å²) >= 11 is 14.0. The summed E-state index contributed by atoms with van der Waals surface area (Å²) in [6.45, 7) is 0. The fourth-order valence-corrected chi connectivity index (χ4v) is 1.68. The third kappa shape index (κ3) is 11.0. The molecule has 0 aliphatic carbocycles. The first-order valence-corrected chi connectivity index (χ1v) is 7.75. The van der Waals surface area contributed by atoms with E-state index in [0.717, 1.165) is 14.2 Å². The maximum Gasteiger partial charge on any atom is 1.00 e. The third-order valence-electron chi connectivity index (χ3n) is 2.41. The standard InChI is InChI=1S/3C5H5NOS.Na.Zn.H/c3*7-6-4-2-1-3-5(6)8;;;/h3*1-4,7H;;;/q;;;+1;;-1. The van der Waals surface area contributed by atoms with Crippen molar-refractivity contribution >= 4 is 36.7 Å². The predicted octanol–water partition coefficient (Wildman–Crippen LogP) is 1.48. The molecule has 0 spiro atoms. The van der Waals surface area contributed by atoms with Gasteiger partial charge in [0.1, 0.15) is 13.9 Å². The van der Waals surface area contributed by atoms with Crippen LogP contribution in [0.3, 0.4) is 0 Å². The molecule has 0 saturated carbocycles. The third-order valence-corrected chi connectivity index (χ3v) is 3.38. The van der Waals surface area contributed by atoms with Crippen molar-refractivity contribution in [3.05, 3.63) is 87.1 Å². The molecule has 11 heteroatoms. The molecule has 0 unspecified atom stereocenters. The van der Waals surface area contributed by atoms with Crippen molar-refractivity contribution in [2.24, 2.45) is 0 Å². The molecule has 3 aromatic heterocycles. The van der Waals surface area contributed by atoms with E-state index in [2.05, 4.69) is 36.7 Å². The van der Waals surface area contributed by atoms with E-state index in [4.69, 9.17) is 15.6 Å². The SMILES string of the molecule is On1ccccc1=S.On1ccccc1=S.On1ccccc1=S.[H-].[Na+].[Zn]. The first kappa shape index (κ1) is 27.4. The molecule has 3 N–H and O–H groups in total. The van der Waals surface area contributed by atoms with Crippen molar-refractivity contribution in [1.29, 1.82) is 0 Å². The average molecular weight is 471 g/mol. The molecule has 0 saturated heterocycles. The van der Waals surface area contributed by atoms with Gasteiger partial charge in [-0.25, -0.2) is 0 Å². The van der Waals surface area contributed by atoms with Crippen LogP contribution in [0.15, 0.2) is 73.2 Å². The quantitative estimate of drug-likeness (QED) is 0.262. The molecule has 0 atom stereocenters. The summed E-state index contributed by atoms with van der Waals surface area (Å²) < 4.78 is 3.97. The summed E-state index contributed by atoms with van der Waals surface area (Å²) in [6, 6.07) is 15.4. The van der Waals surface area contributed by atoms with Gasteiger partial charge in [0.05, 0.1) is 0 Å². The van der Waals surface area contributed by atoms with Crippen LogP contribution in [0.1, 0.15) is 1.43 Å². The largest absolute Gasteiger partial charge is 1.00 e. The maximum atomic E-state index is 8.73. The minimum absolute atomic E-state index is 0. The Morgan fingerprint density at radius 1 is 0.577 bits per heavy atom. The molecule has 3 heterocycles. The predicted molar refractivity (Wildman–Crippen MR) is 98.5 cm³/mol. The molecule has 26 heavy (non-hydrogen) atoms. The Kier molecular flexibility index (Phi) is 16.0. The Hall–Kier alpha value is -0.867. The van der Waals surface area contributed by atoms with Crippen LogP contribution in [0.2, 0.25) is 0 Å². The van der Waals surface area contributed by atoms with E-state index >= 15 is 0 Å². The van der Waals surface area contributed by atoms with E-state index in [9.17, 15) is 0 Å². The minimum Gasteiger partial charge on any atom is -1.00 e. The molecule has 3 aromatic rings. The Morgan fingerprint density at radius 2 is 0.808 bits per heavy atom. The van der Waals surface area contributed by atoms with Gasteiger partial charge < -0.3 is 17.0 Å². The van der Waals surface area contributed by atoms with Gasteiger partial charge in [0.15, 0.2) is 0 Å². The molecule has 0 amide bonds. The molecule has 0 aromatic carbocycles. The van der Waals surface area contributed by atoms with Crippen molar-refractivity contribution < 1.29 is 66.1 Å². The fraction of sp³-hybridized carbons (Fsp3) is 0. The molecule has 0 aliphatic heterocycles. The maximum absolute atomic E-state index is 8.73. The molecule has 0 fully saturated rings. The molecule has 3 rings (SSSR count). The van der Waals surface area contributed by atoms with Gasteiger partial charge in [-0.3, -0.25) is 0 Å². The van der Waals surface area contributed by atoms with Crippen LogP contribution >= 0.6 is 36.7 Å². The normalized spacial score (nSPS) is 8.31. The second kappa shape index (κ2) is 15.2. The molecular formula is C15H16N3NaO3S3Zn. The molecule has 130 valence electrons. The van der Waals surface area contributed by atoms with E-state index in [-0.39, 0.29) is 50.5 Å². The van der Waals surface area contributed by atoms with Crippen LogP contribution in [0.4, 0.5) is 0 Å². The molecule has 6 nitrogen and oxygen atoms in total. The van der Waals surface area contributed by atoms with Gasteiger partial charge in [-0.2, -0.15) is 14.2 Å². The van der Waals surface area contributed by atoms with Crippen molar-refractivity contribution in [3.8, 4) is 0 Å². The first-order chi connectivity index (χ1) is 11.4. The smallest absolute Gasteiger partial charge is 1.00 e. The van der Waals surface area contributed by atoms with Gasteiger partial charge in [0.25, 0.3) is 0 Å². The Bertz CT molecular complexity index is 830. The Morgan fingerprint density at radius 3 is 0.923 bits per heavy atom. The van der Waals surface area contributed by atoms with Crippen molar-refractivity contribution in [2.75, 3.05) is 0 Å². The molecule has 0 aliphatic rings. The number of pyridine rings is 3. The number of aromatic nitrogens is 3. The van der Waals surface area contributed by atoms with Crippen LogP contribution in [-0.2, 0) is 19.5 Å². The van der Waals surface area contributed by atoms with Gasteiger partial charge in [-0.05, 0) is 36.4 Å². The van der Waals surface area contributed by atoms with Crippen LogP contribution in [0.5, 0.6) is 0 Å². The van der Waals surface area contributed by atoms with Gasteiger partial charge in [-0.1, -0.05) is 54.9 Å². The zero-order chi connectivity index (χ0) is 17.9. The van der Waals surface area contributed by atoms with Crippen LogP contribution in [0, 0.1) is 13.9 Å². The van der Waals surface area contributed by atoms with E-state index < -0.39 is 0 Å². The van der Waals surface area contributed by atoms with Crippen LogP contribution in [0.25, 0.3) is 0 Å². The summed E-state index contributed by atoms with van der Waals surface area (Å²) in [4.78, 5) is 0. The molecular weight excluding hydrogens is 455 g/mol. The van der Waals surface area contributed by atoms with Crippen LogP contribution < -0.4 is 29.6 Å². The summed E-state index contributed by atoms with van der Waals surface area (Å²) in [6.07, 6.45) is 4.47. The fourth-order valence-electron chi connectivity index (χ4n) is 1.26. The zero-order valence-corrected chi connectivity index (χ0v) is 21.5. The number of rotatable bonds is 0. The van der Waals surface area contributed by atoms with E-state index in [1.54, 1.807) is 54.6 Å². The van der Waals surface area contributed by atoms with E-state index in [1.165, 1.54) is 18.6 Å². The van der Waals surface area contributed by atoms with Gasteiger partial charge in [0.2, 0.25) is 0 Å². The van der Waals surface area contributed by atoms with Crippen molar-refractivity contribution in [2.45, 2.75) is 0 Å². The molecule has 0 bridgehead atoms. The van der Waals surface area contributed by atoms with Crippen LogP contribution in [-0.4, -0.2) is 29.8 Å². The second-order valence-electron chi connectivity index (χ2n) is 4.15. The summed E-state index contributed by atoms with van der Waals surface area (Å²) in [5.41, 5.74) is 0. The second-order valence-corrected chi connectivity index (χ2v) is 5.41. The van der Waals surface area contributed by atoms with Crippen molar-refractivity contribution in [1.82, 2.24) is 14.2 Å². The Balaban J connectivity index is -0.000000303. The van der Waals surface area contributed by atoms with E-state index in [1.807, 2.05) is 0 Å². The van der Waals surface area contributed by atoms with E-state index in [0.29, 0.717) is 13.9 Å². The number of hydrogen-bond acceptors (Lipinski definition) is 6. The number of nitrogens with zero attached hydrogens (tertiary/aromatic N) is 3. The minimum atomic E-state index is 0.